The van der Waals surface area contributed by atoms with Crippen LogP contribution in [0.2, 0.25) is 0 Å². The summed E-state index contributed by atoms with van der Waals surface area (Å²) < 4.78 is 5.16. The minimum absolute atomic E-state index is 0.0506. The van der Waals surface area contributed by atoms with Gasteiger partial charge in [-0.25, -0.2) is 9.59 Å². The van der Waals surface area contributed by atoms with E-state index in [2.05, 4.69) is 5.32 Å². The fourth-order valence-corrected chi connectivity index (χ4v) is 2.47. The molecule has 10 heteroatoms. The first-order valence-electron chi connectivity index (χ1n) is 7.25. The SMILES string of the molecule is NC(=O)NC[C@@H]1C[C@@H](O)CN1C(=O)OCc1ccc([N+](=O)[O-])cc1. The number of carbonyl (C=O) groups excluding carboxylic acids is 2. The van der Waals surface area contributed by atoms with Crippen molar-refractivity contribution < 1.29 is 24.4 Å². The number of rotatable bonds is 5. The van der Waals surface area contributed by atoms with Crippen LogP contribution in [0.5, 0.6) is 0 Å². The molecule has 0 saturated carbocycles. The van der Waals surface area contributed by atoms with Gasteiger partial charge in [-0.2, -0.15) is 0 Å². The quantitative estimate of drug-likeness (QED) is 0.520. The van der Waals surface area contributed by atoms with Gasteiger partial charge in [0.05, 0.1) is 23.6 Å². The number of carbonyl (C=O) groups is 2. The number of hydrogen-bond donors (Lipinski definition) is 3. The summed E-state index contributed by atoms with van der Waals surface area (Å²) in [5.41, 5.74) is 5.55. The Labute approximate surface area is 137 Å². The number of ether oxygens (including phenoxy) is 1. The number of nitrogens with two attached hydrogens (primary N) is 1. The molecule has 0 aromatic heterocycles. The molecule has 1 saturated heterocycles. The molecule has 2 rings (SSSR count). The molecule has 24 heavy (non-hydrogen) atoms. The molecule has 4 N–H and O–H groups in total. The molecule has 0 radical (unpaired) electrons. The highest BCUT2D eigenvalue weighted by atomic mass is 16.6. The second kappa shape index (κ2) is 7.59. The number of aliphatic hydroxyl groups excluding tert-OH is 1. The predicted molar refractivity (Wildman–Crippen MR) is 82.0 cm³/mol. The average Bonchev–Trinajstić information content (AvgIpc) is 2.92. The smallest absolute Gasteiger partial charge is 0.410 e. The Morgan fingerprint density at radius 1 is 1.42 bits per heavy atom. The van der Waals surface area contributed by atoms with Crippen LogP contribution in [-0.4, -0.2) is 52.3 Å². The summed E-state index contributed by atoms with van der Waals surface area (Å²) in [6.45, 7) is 0.169. The lowest BCUT2D eigenvalue weighted by Crippen LogP contribution is -2.44. The van der Waals surface area contributed by atoms with E-state index < -0.39 is 29.2 Å². The van der Waals surface area contributed by atoms with Gasteiger partial charge in [-0.3, -0.25) is 10.1 Å². The Morgan fingerprint density at radius 3 is 2.67 bits per heavy atom. The minimum atomic E-state index is -0.712. The highest BCUT2D eigenvalue weighted by Gasteiger charge is 2.35. The van der Waals surface area contributed by atoms with Gasteiger partial charge in [0.15, 0.2) is 0 Å². The summed E-state index contributed by atoms with van der Waals surface area (Å²) in [5.74, 6) is 0. The number of urea groups is 1. The lowest BCUT2D eigenvalue weighted by Gasteiger charge is -2.23. The zero-order valence-corrected chi connectivity index (χ0v) is 12.8. The van der Waals surface area contributed by atoms with Gasteiger partial charge in [-0.15, -0.1) is 0 Å². The van der Waals surface area contributed by atoms with E-state index in [0.29, 0.717) is 12.0 Å². The Hall–Kier alpha value is -2.88. The highest BCUT2D eigenvalue weighted by Crippen LogP contribution is 2.19. The molecule has 0 aliphatic carbocycles. The Bertz CT molecular complexity index is 620. The topological polar surface area (TPSA) is 148 Å². The van der Waals surface area contributed by atoms with E-state index in [4.69, 9.17) is 10.5 Å². The Morgan fingerprint density at radius 2 is 2.08 bits per heavy atom. The van der Waals surface area contributed by atoms with Crippen LogP contribution in [-0.2, 0) is 11.3 Å². The summed E-state index contributed by atoms with van der Waals surface area (Å²) in [4.78, 5) is 34.3. The number of benzene rings is 1. The molecule has 3 amide bonds. The van der Waals surface area contributed by atoms with Crippen LogP contribution in [0.3, 0.4) is 0 Å². The molecule has 130 valence electrons. The van der Waals surface area contributed by atoms with Gasteiger partial charge in [-0.1, -0.05) is 0 Å². The summed E-state index contributed by atoms with van der Waals surface area (Å²) in [7, 11) is 0. The number of nitrogens with one attached hydrogen (secondary N) is 1. The van der Waals surface area contributed by atoms with E-state index >= 15 is 0 Å². The number of primary amides is 1. The van der Waals surface area contributed by atoms with Crippen molar-refractivity contribution in [1.29, 1.82) is 0 Å². The van der Waals surface area contributed by atoms with Crippen molar-refractivity contribution in [1.82, 2.24) is 10.2 Å². The first-order valence-corrected chi connectivity index (χ1v) is 7.25. The number of nitrogens with zero attached hydrogens (tertiary/aromatic N) is 2. The summed E-state index contributed by atoms with van der Waals surface area (Å²) in [6, 6.07) is 4.52. The maximum absolute atomic E-state index is 12.1. The number of aliphatic hydroxyl groups is 1. The van der Waals surface area contributed by atoms with E-state index in [-0.39, 0.29) is 25.4 Å². The maximum Gasteiger partial charge on any atom is 0.410 e. The van der Waals surface area contributed by atoms with E-state index in [9.17, 15) is 24.8 Å². The van der Waals surface area contributed by atoms with Crippen molar-refractivity contribution in [3.63, 3.8) is 0 Å². The molecular formula is C14H18N4O6. The third kappa shape index (κ3) is 4.56. The predicted octanol–water partition coefficient (Wildman–Crippen LogP) is 0.335. The summed E-state index contributed by atoms with van der Waals surface area (Å²) in [6.07, 6.45) is -1.02. The molecule has 1 aromatic carbocycles. The molecule has 1 aliphatic heterocycles. The first-order chi connectivity index (χ1) is 11.4. The molecule has 10 nitrogen and oxygen atoms in total. The fraction of sp³-hybridized carbons (Fsp3) is 0.429. The van der Waals surface area contributed by atoms with E-state index in [1.165, 1.54) is 29.2 Å². The number of non-ortho nitro benzene ring substituents is 1. The van der Waals surface area contributed by atoms with Crippen molar-refractivity contribution in [3.05, 3.63) is 39.9 Å². The van der Waals surface area contributed by atoms with Crippen molar-refractivity contribution in [2.75, 3.05) is 13.1 Å². The number of hydrogen-bond acceptors (Lipinski definition) is 6. The van der Waals surface area contributed by atoms with E-state index in [0.717, 1.165) is 0 Å². The molecule has 0 spiro atoms. The van der Waals surface area contributed by atoms with Crippen molar-refractivity contribution in [3.8, 4) is 0 Å². The fourth-order valence-electron chi connectivity index (χ4n) is 2.47. The van der Waals surface area contributed by atoms with E-state index in [1.807, 2.05) is 0 Å². The highest BCUT2D eigenvalue weighted by molar-refractivity contribution is 5.72. The van der Waals surface area contributed by atoms with Crippen molar-refractivity contribution >= 4 is 17.8 Å². The average molecular weight is 338 g/mol. The molecular weight excluding hydrogens is 320 g/mol. The van der Waals surface area contributed by atoms with Gasteiger partial charge in [0.1, 0.15) is 6.61 Å². The number of likely N-dealkylation sites (tertiary alicyclic amines) is 1. The molecule has 0 bridgehead atoms. The third-order valence-electron chi connectivity index (χ3n) is 3.65. The van der Waals surface area contributed by atoms with Crippen LogP contribution in [0, 0.1) is 10.1 Å². The summed E-state index contributed by atoms with van der Waals surface area (Å²) in [5, 5.41) is 22.7. The second-order valence-electron chi connectivity index (χ2n) is 5.42. The Kier molecular flexibility index (Phi) is 5.53. The van der Waals surface area contributed by atoms with Crippen LogP contribution in [0.1, 0.15) is 12.0 Å². The Balaban J connectivity index is 1.90. The lowest BCUT2D eigenvalue weighted by molar-refractivity contribution is -0.384. The number of β-amino-alcohol motifs (C(OH)–C–C–N with tert-alkyl or cyclic N) is 1. The zero-order chi connectivity index (χ0) is 17.7. The number of nitro benzene ring substituents is 1. The number of amides is 3. The van der Waals surface area contributed by atoms with Crippen molar-refractivity contribution in [2.45, 2.75) is 25.2 Å². The lowest BCUT2D eigenvalue weighted by atomic mass is 10.2. The minimum Gasteiger partial charge on any atom is -0.445 e. The number of nitro groups is 1. The van der Waals surface area contributed by atoms with Gasteiger partial charge in [0, 0.05) is 18.7 Å². The standard InChI is InChI=1S/C14H18N4O6/c15-13(20)16-6-11-5-12(19)7-17(11)14(21)24-8-9-1-3-10(4-2-9)18(22)23/h1-4,11-12,19H,5-8H2,(H3,15,16,20)/t11-,12+/m0/s1. The van der Waals surface area contributed by atoms with Crippen LogP contribution in [0.4, 0.5) is 15.3 Å². The normalized spacial score (nSPS) is 19.8. The van der Waals surface area contributed by atoms with Crippen LogP contribution in [0.15, 0.2) is 24.3 Å². The van der Waals surface area contributed by atoms with Crippen LogP contribution in [0.25, 0.3) is 0 Å². The maximum atomic E-state index is 12.1. The van der Waals surface area contributed by atoms with Gasteiger partial charge in [-0.05, 0) is 24.1 Å². The van der Waals surface area contributed by atoms with E-state index in [1.54, 1.807) is 0 Å². The second-order valence-corrected chi connectivity index (χ2v) is 5.42. The monoisotopic (exact) mass is 338 g/mol. The van der Waals surface area contributed by atoms with Crippen molar-refractivity contribution in [2.24, 2.45) is 5.73 Å². The third-order valence-corrected chi connectivity index (χ3v) is 3.65. The van der Waals surface area contributed by atoms with Gasteiger partial charge < -0.3 is 25.8 Å². The molecule has 1 aromatic rings. The largest absolute Gasteiger partial charge is 0.445 e. The summed E-state index contributed by atoms with van der Waals surface area (Å²) >= 11 is 0. The van der Waals surface area contributed by atoms with Gasteiger partial charge in [0.2, 0.25) is 0 Å². The molecule has 2 atom stereocenters. The molecule has 1 fully saturated rings. The molecule has 0 unspecified atom stereocenters. The zero-order valence-electron chi connectivity index (χ0n) is 12.8. The first kappa shape index (κ1) is 17.5. The van der Waals surface area contributed by atoms with Gasteiger partial charge in [0.25, 0.3) is 5.69 Å². The van der Waals surface area contributed by atoms with Gasteiger partial charge >= 0.3 is 12.1 Å². The molecule has 1 aliphatic rings. The van der Waals surface area contributed by atoms with Crippen LogP contribution < -0.4 is 11.1 Å². The van der Waals surface area contributed by atoms with Crippen LogP contribution >= 0.6 is 0 Å². The molecule has 1 heterocycles.